The fraction of sp³-hybridized carbons (Fsp3) is 0.556. The Morgan fingerprint density at radius 1 is 1.31 bits per heavy atom. The number of carbonyl (C=O) groups excluding carboxylic acids is 2. The van der Waals surface area contributed by atoms with Crippen molar-refractivity contribution in [3.8, 4) is 11.5 Å². The first-order valence-corrected chi connectivity index (χ1v) is 8.63. The maximum Gasteiger partial charge on any atom is 0.315 e. The van der Waals surface area contributed by atoms with Gasteiger partial charge < -0.3 is 14.4 Å². The molecule has 8 heteroatoms. The van der Waals surface area contributed by atoms with Crippen molar-refractivity contribution in [2.75, 3.05) is 20.2 Å². The normalized spacial score (nSPS) is 15.0. The molecule has 0 saturated carbocycles. The topological polar surface area (TPSA) is 99.0 Å². The highest BCUT2D eigenvalue weighted by atomic mass is 16.6. The molecule has 0 bridgehead atoms. The van der Waals surface area contributed by atoms with Crippen LogP contribution in [0.5, 0.6) is 11.5 Å². The molecule has 0 unspecified atom stereocenters. The number of ether oxygens (including phenoxy) is 2. The van der Waals surface area contributed by atoms with E-state index in [9.17, 15) is 19.7 Å². The smallest absolute Gasteiger partial charge is 0.315 e. The van der Waals surface area contributed by atoms with E-state index in [0.717, 1.165) is 0 Å². The number of amides is 1. The van der Waals surface area contributed by atoms with E-state index in [4.69, 9.17) is 9.47 Å². The highest BCUT2D eigenvalue weighted by Gasteiger charge is 2.30. The molecule has 0 aromatic heterocycles. The Labute approximate surface area is 152 Å². The van der Waals surface area contributed by atoms with E-state index in [2.05, 4.69) is 0 Å². The summed E-state index contributed by atoms with van der Waals surface area (Å²) in [5.74, 6) is -0.278. The van der Waals surface area contributed by atoms with Crippen molar-refractivity contribution in [3.05, 3.63) is 28.3 Å². The molecule has 1 aliphatic heterocycles. The van der Waals surface area contributed by atoms with Crippen molar-refractivity contribution in [1.29, 1.82) is 0 Å². The monoisotopic (exact) mass is 364 g/mol. The predicted molar refractivity (Wildman–Crippen MR) is 94.0 cm³/mol. The number of carbonyl (C=O) groups is 2. The van der Waals surface area contributed by atoms with Gasteiger partial charge in [-0.1, -0.05) is 13.8 Å². The van der Waals surface area contributed by atoms with Gasteiger partial charge in [0.25, 0.3) is 0 Å². The Hall–Kier alpha value is -2.64. The number of hydrogen-bond acceptors (Lipinski definition) is 6. The Balaban J connectivity index is 1.97. The largest absolute Gasteiger partial charge is 0.496 e. The Bertz CT molecular complexity index is 680. The highest BCUT2D eigenvalue weighted by Crippen LogP contribution is 2.32. The summed E-state index contributed by atoms with van der Waals surface area (Å²) >= 11 is 0. The van der Waals surface area contributed by atoms with Gasteiger partial charge in [-0.2, -0.15) is 0 Å². The summed E-state index contributed by atoms with van der Waals surface area (Å²) < 4.78 is 10.2. The molecule has 0 radical (unpaired) electrons. The number of likely N-dealkylation sites (tertiary alicyclic amines) is 1. The quantitative estimate of drug-likeness (QED) is 0.333. The molecule has 1 heterocycles. The van der Waals surface area contributed by atoms with Crippen molar-refractivity contribution < 1.29 is 24.0 Å². The van der Waals surface area contributed by atoms with Crippen LogP contribution in [0.25, 0.3) is 0 Å². The van der Waals surface area contributed by atoms with E-state index in [1.165, 1.54) is 25.3 Å². The summed E-state index contributed by atoms with van der Waals surface area (Å²) in [4.78, 5) is 36.8. The van der Waals surface area contributed by atoms with Crippen molar-refractivity contribution in [2.45, 2.75) is 33.1 Å². The minimum absolute atomic E-state index is 0.0950. The Morgan fingerprint density at radius 3 is 2.50 bits per heavy atom. The third-order valence-electron chi connectivity index (χ3n) is 4.34. The third kappa shape index (κ3) is 4.93. The van der Waals surface area contributed by atoms with Gasteiger partial charge in [0.2, 0.25) is 11.7 Å². The second kappa shape index (κ2) is 8.64. The lowest BCUT2D eigenvalue weighted by Crippen LogP contribution is -2.41. The molecule has 26 heavy (non-hydrogen) atoms. The fourth-order valence-corrected chi connectivity index (χ4v) is 2.89. The van der Waals surface area contributed by atoms with E-state index in [0.29, 0.717) is 44.0 Å². The maximum absolute atomic E-state index is 12.4. The van der Waals surface area contributed by atoms with E-state index < -0.39 is 10.9 Å². The van der Waals surface area contributed by atoms with Gasteiger partial charge in [0, 0.05) is 19.5 Å². The number of nitro benzene ring substituents is 1. The van der Waals surface area contributed by atoms with Gasteiger partial charge in [-0.3, -0.25) is 19.7 Å². The van der Waals surface area contributed by atoms with Crippen molar-refractivity contribution in [3.63, 3.8) is 0 Å². The summed E-state index contributed by atoms with van der Waals surface area (Å²) in [6.07, 6.45) is 1.48. The van der Waals surface area contributed by atoms with Crippen LogP contribution in [0.15, 0.2) is 18.2 Å². The molecule has 0 atom stereocenters. The fourth-order valence-electron chi connectivity index (χ4n) is 2.89. The Morgan fingerprint density at radius 2 is 1.96 bits per heavy atom. The van der Waals surface area contributed by atoms with E-state index in [1.807, 2.05) is 13.8 Å². The zero-order valence-electron chi connectivity index (χ0n) is 15.3. The van der Waals surface area contributed by atoms with Crippen LogP contribution in [0, 0.1) is 22.0 Å². The summed E-state index contributed by atoms with van der Waals surface area (Å²) in [6.45, 7) is 4.97. The third-order valence-corrected chi connectivity index (χ3v) is 4.34. The molecule has 1 fully saturated rings. The van der Waals surface area contributed by atoms with Gasteiger partial charge in [0.1, 0.15) is 5.75 Å². The summed E-state index contributed by atoms with van der Waals surface area (Å²) in [5, 5.41) is 11.2. The van der Waals surface area contributed by atoms with E-state index >= 15 is 0 Å². The second-order valence-electron chi connectivity index (χ2n) is 6.76. The Kier molecular flexibility index (Phi) is 6.54. The van der Waals surface area contributed by atoms with Crippen LogP contribution in [0.3, 0.4) is 0 Å². The molecule has 1 aromatic carbocycles. The van der Waals surface area contributed by atoms with E-state index in [1.54, 1.807) is 4.90 Å². The van der Waals surface area contributed by atoms with Crippen LogP contribution in [0.4, 0.5) is 5.69 Å². The maximum atomic E-state index is 12.4. The molecule has 1 aromatic rings. The molecule has 142 valence electrons. The van der Waals surface area contributed by atoms with Crippen LogP contribution in [0.2, 0.25) is 0 Å². The van der Waals surface area contributed by atoms with Gasteiger partial charge in [-0.05, 0) is 30.9 Å². The number of benzene rings is 1. The zero-order chi connectivity index (χ0) is 19.3. The van der Waals surface area contributed by atoms with Crippen LogP contribution in [-0.4, -0.2) is 41.9 Å². The van der Waals surface area contributed by atoms with Crippen LogP contribution >= 0.6 is 0 Å². The van der Waals surface area contributed by atoms with Gasteiger partial charge in [-0.15, -0.1) is 0 Å². The summed E-state index contributed by atoms with van der Waals surface area (Å²) in [7, 11) is 1.40. The van der Waals surface area contributed by atoms with Crippen LogP contribution < -0.4 is 9.47 Å². The van der Waals surface area contributed by atoms with E-state index in [-0.39, 0.29) is 23.3 Å². The number of esters is 1. The first kappa shape index (κ1) is 19.7. The minimum atomic E-state index is -0.613. The van der Waals surface area contributed by atoms with Crippen molar-refractivity contribution in [1.82, 2.24) is 4.90 Å². The SMILES string of the molecule is COc1ccc(OC(=O)C2CCN(C(=O)CC(C)C)CC2)c([N+](=O)[O-])c1. The molecular weight excluding hydrogens is 340 g/mol. The van der Waals surface area contributed by atoms with Crippen LogP contribution in [-0.2, 0) is 9.59 Å². The van der Waals surface area contributed by atoms with Crippen LogP contribution in [0.1, 0.15) is 33.1 Å². The number of nitro groups is 1. The summed E-state index contributed by atoms with van der Waals surface area (Å²) in [5.41, 5.74) is -0.317. The standard InChI is InChI=1S/C18H24N2O6/c1-12(2)10-17(21)19-8-6-13(7-9-19)18(22)26-16-5-4-14(25-3)11-15(16)20(23)24/h4-5,11-13H,6-10H2,1-3H3. The predicted octanol–water partition coefficient (Wildman–Crippen LogP) is 2.79. The number of piperidine rings is 1. The first-order chi connectivity index (χ1) is 12.3. The summed E-state index contributed by atoms with van der Waals surface area (Å²) in [6, 6.07) is 4.08. The molecule has 2 rings (SSSR count). The van der Waals surface area contributed by atoms with Gasteiger partial charge in [0.15, 0.2) is 0 Å². The minimum Gasteiger partial charge on any atom is -0.496 e. The average molecular weight is 364 g/mol. The second-order valence-corrected chi connectivity index (χ2v) is 6.76. The first-order valence-electron chi connectivity index (χ1n) is 8.63. The highest BCUT2D eigenvalue weighted by molar-refractivity contribution is 5.79. The van der Waals surface area contributed by atoms with Crippen molar-refractivity contribution in [2.24, 2.45) is 11.8 Å². The molecular formula is C18H24N2O6. The lowest BCUT2D eigenvalue weighted by atomic mass is 9.96. The van der Waals surface area contributed by atoms with Gasteiger partial charge >= 0.3 is 11.7 Å². The molecule has 8 nitrogen and oxygen atoms in total. The lowest BCUT2D eigenvalue weighted by molar-refractivity contribution is -0.385. The van der Waals surface area contributed by atoms with Gasteiger partial charge in [0.05, 0.1) is 24.0 Å². The molecule has 1 aliphatic rings. The zero-order valence-corrected chi connectivity index (χ0v) is 15.3. The number of hydrogen-bond donors (Lipinski definition) is 0. The van der Waals surface area contributed by atoms with Gasteiger partial charge in [-0.25, -0.2) is 0 Å². The molecule has 1 saturated heterocycles. The number of rotatable bonds is 6. The number of nitrogens with zero attached hydrogens (tertiary/aromatic N) is 2. The number of methoxy groups -OCH3 is 1. The van der Waals surface area contributed by atoms with Crippen molar-refractivity contribution >= 4 is 17.6 Å². The molecule has 0 N–H and O–H groups in total. The molecule has 1 amide bonds. The lowest BCUT2D eigenvalue weighted by Gasteiger charge is -2.31. The molecule has 0 spiro atoms. The molecule has 0 aliphatic carbocycles. The average Bonchev–Trinajstić information content (AvgIpc) is 2.61.